The van der Waals surface area contributed by atoms with Crippen LogP contribution in [0, 0.1) is 17.8 Å². The largest absolute Gasteiger partial charge is 0.390 e. The predicted octanol–water partition coefficient (Wildman–Crippen LogP) is 3.25. The van der Waals surface area contributed by atoms with Gasteiger partial charge in [-0.2, -0.15) is 9.29 Å². The molecule has 35 heavy (non-hydrogen) atoms. The summed E-state index contributed by atoms with van der Waals surface area (Å²) in [4.78, 5) is 9.16. The number of nitrogens with one attached hydrogen (secondary N) is 2. The molecule has 2 aromatic rings. The van der Waals surface area contributed by atoms with E-state index >= 15 is 0 Å². The van der Waals surface area contributed by atoms with Crippen LogP contribution in [0.3, 0.4) is 0 Å². The Hall–Kier alpha value is -1.98. The van der Waals surface area contributed by atoms with Crippen molar-refractivity contribution in [1.29, 1.82) is 0 Å². The third-order valence-corrected chi connectivity index (χ3v) is 10.2. The highest BCUT2D eigenvalue weighted by atomic mass is 35.5. The average molecular weight is 520 g/mol. The molecule has 0 spiro atoms. The Morgan fingerprint density at radius 2 is 1.77 bits per heavy atom. The number of nitrogens with zero attached hydrogens (tertiary/aromatic N) is 3. The van der Waals surface area contributed by atoms with E-state index in [9.17, 15) is 13.5 Å². The van der Waals surface area contributed by atoms with Crippen LogP contribution in [-0.2, 0) is 14.8 Å². The molecule has 4 aliphatic carbocycles. The minimum atomic E-state index is -3.54. The fraction of sp³-hybridized carbons (Fsp3) is 0.583. The zero-order valence-electron chi connectivity index (χ0n) is 19.4. The van der Waals surface area contributed by atoms with Gasteiger partial charge in [-0.25, -0.2) is 13.4 Å². The Kier molecular flexibility index (Phi) is 5.92. The van der Waals surface area contributed by atoms with E-state index in [1.807, 2.05) is 0 Å². The Labute approximate surface area is 210 Å². The number of morpholine rings is 1. The van der Waals surface area contributed by atoms with E-state index in [-0.39, 0.29) is 10.9 Å². The van der Waals surface area contributed by atoms with Gasteiger partial charge in [0.2, 0.25) is 16.0 Å². The summed E-state index contributed by atoms with van der Waals surface area (Å²) in [5, 5.41) is 18.0. The molecule has 5 fully saturated rings. The van der Waals surface area contributed by atoms with Gasteiger partial charge in [-0.05, 0) is 74.1 Å². The summed E-state index contributed by atoms with van der Waals surface area (Å²) in [6, 6.07) is 6.83. The van der Waals surface area contributed by atoms with E-state index < -0.39 is 15.6 Å². The monoisotopic (exact) mass is 519 g/mol. The molecule has 2 unspecified atom stereocenters. The maximum Gasteiger partial charge on any atom is 0.243 e. The molecular weight excluding hydrogens is 490 g/mol. The van der Waals surface area contributed by atoms with E-state index in [1.165, 1.54) is 4.31 Å². The minimum Gasteiger partial charge on any atom is -0.390 e. The van der Waals surface area contributed by atoms with Gasteiger partial charge in [0.25, 0.3) is 0 Å². The van der Waals surface area contributed by atoms with Gasteiger partial charge in [-0.1, -0.05) is 11.6 Å². The summed E-state index contributed by atoms with van der Waals surface area (Å²) in [7, 11) is -3.54. The Bertz CT molecular complexity index is 1190. The number of rotatable bonds is 6. The maximum absolute atomic E-state index is 12.8. The highest BCUT2D eigenvalue weighted by Gasteiger charge is 2.54. The molecule has 4 bridgehead atoms. The molecule has 188 valence electrons. The predicted molar refractivity (Wildman–Crippen MR) is 132 cm³/mol. The molecule has 2 atom stereocenters. The fourth-order valence-corrected chi connectivity index (χ4v) is 8.23. The van der Waals surface area contributed by atoms with Crippen LogP contribution in [0.2, 0.25) is 5.02 Å². The van der Waals surface area contributed by atoms with Crippen molar-refractivity contribution in [2.75, 3.05) is 36.9 Å². The molecule has 11 heteroatoms. The van der Waals surface area contributed by atoms with E-state index in [0.717, 1.165) is 32.1 Å². The SMILES string of the molecule is O=S(=O)(c1ccc(Nc2ncc(Cl)c(NC3C4CC5CC3CC(O)(C5)C4)n2)cc1)N1CCOCC1. The number of halogens is 1. The molecule has 5 aliphatic rings. The molecule has 2 heterocycles. The number of sulfonamides is 1. The number of hydrogen-bond donors (Lipinski definition) is 3. The van der Waals surface area contributed by atoms with Gasteiger partial charge in [0.15, 0.2) is 5.82 Å². The van der Waals surface area contributed by atoms with Crippen LogP contribution in [-0.4, -0.2) is 65.7 Å². The molecular formula is C24H30ClN5O4S. The molecule has 1 aromatic carbocycles. The minimum absolute atomic E-state index is 0.243. The summed E-state index contributed by atoms with van der Waals surface area (Å²) in [5.74, 6) is 2.44. The van der Waals surface area contributed by atoms with Crippen molar-refractivity contribution in [2.45, 2.75) is 48.6 Å². The molecule has 1 aliphatic heterocycles. The first kappa shape index (κ1) is 23.4. The van der Waals surface area contributed by atoms with Crippen LogP contribution in [0.15, 0.2) is 35.4 Å². The lowest BCUT2D eigenvalue weighted by atomic mass is 9.52. The molecule has 4 saturated carbocycles. The van der Waals surface area contributed by atoms with Crippen LogP contribution >= 0.6 is 11.6 Å². The molecule has 7 rings (SSSR count). The normalized spacial score (nSPS) is 32.5. The van der Waals surface area contributed by atoms with Crippen LogP contribution in [0.4, 0.5) is 17.5 Å². The average Bonchev–Trinajstić information content (AvgIpc) is 2.83. The number of aromatic nitrogens is 2. The molecule has 3 N–H and O–H groups in total. The highest BCUT2D eigenvalue weighted by Crippen LogP contribution is 2.56. The van der Waals surface area contributed by atoms with Crippen LogP contribution in [0.25, 0.3) is 0 Å². The summed E-state index contributed by atoms with van der Waals surface area (Å²) in [6.45, 7) is 1.54. The standard InChI is InChI=1S/C24H30ClN5O4S/c25-20-14-26-23(27-18-1-3-19(4-2-18)35(32,33)30-5-7-34-8-6-30)29-22(20)28-21-16-9-15-10-17(21)13-24(31,11-15)12-16/h1-4,14-17,21,31H,5-13H2,(H2,26,27,28,29). The van der Waals surface area contributed by atoms with E-state index in [2.05, 4.69) is 20.6 Å². The van der Waals surface area contributed by atoms with Gasteiger partial charge in [-0.15, -0.1) is 0 Å². The third kappa shape index (κ3) is 4.51. The topological polar surface area (TPSA) is 117 Å². The second-order valence-electron chi connectivity index (χ2n) is 10.4. The second kappa shape index (κ2) is 8.85. The number of anilines is 3. The molecule has 1 saturated heterocycles. The molecule has 0 radical (unpaired) electrons. The van der Waals surface area contributed by atoms with Crippen molar-refractivity contribution in [3.8, 4) is 0 Å². The summed E-state index contributed by atoms with van der Waals surface area (Å²) < 4.78 is 32.4. The van der Waals surface area contributed by atoms with Crippen molar-refractivity contribution in [3.63, 3.8) is 0 Å². The smallest absolute Gasteiger partial charge is 0.243 e. The van der Waals surface area contributed by atoms with Gasteiger partial charge in [-0.3, -0.25) is 0 Å². The number of benzene rings is 1. The lowest BCUT2D eigenvalue weighted by molar-refractivity contribution is -0.129. The van der Waals surface area contributed by atoms with Crippen LogP contribution in [0.5, 0.6) is 0 Å². The van der Waals surface area contributed by atoms with Gasteiger partial charge in [0.1, 0.15) is 5.02 Å². The summed E-state index contributed by atoms with van der Waals surface area (Å²) >= 11 is 6.44. The fourth-order valence-electron chi connectivity index (χ4n) is 6.68. The Balaban J connectivity index is 1.16. The van der Waals surface area contributed by atoms with E-state index in [4.69, 9.17) is 16.3 Å². The summed E-state index contributed by atoms with van der Waals surface area (Å²) in [5.41, 5.74) is 0.189. The number of aliphatic hydroxyl groups is 1. The van der Waals surface area contributed by atoms with Crippen molar-refractivity contribution < 1.29 is 18.3 Å². The van der Waals surface area contributed by atoms with Gasteiger partial charge in [0, 0.05) is 24.8 Å². The van der Waals surface area contributed by atoms with Crippen molar-refractivity contribution in [1.82, 2.24) is 14.3 Å². The zero-order chi connectivity index (χ0) is 24.2. The van der Waals surface area contributed by atoms with Gasteiger partial charge >= 0.3 is 0 Å². The third-order valence-electron chi connectivity index (χ3n) is 8.01. The Morgan fingerprint density at radius 3 is 2.43 bits per heavy atom. The van der Waals surface area contributed by atoms with Gasteiger partial charge in [0.05, 0.1) is 29.9 Å². The maximum atomic E-state index is 12.8. The molecule has 0 amide bonds. The first-order valence-corrected chi connectivity index (χ1v) is 14.1. The number of ether oxygens (including phenoxy) is 1. The number of hydrogen-bond acceptors (Lipinski definition) is 8. The highest BCUT2D eigenvalue weighted by molar-refractivity contribution is 7.89. The first-order valence-electron chi connectivity index (χ1n) is 12.3. The Morgan fingerprint density at radius 1 is 1.09 bits per heavy atom. The van der Waals surface area contributed by atoms with Crippen molar-refractivity contribution >= 4 is 39.1 Å². The van der Waals surface area contributed by atoms with Crippen molar-refractivity contribution in [3.05, 3.63) is 35.5 Å². The lowest BCUT2D eigenvalue weighted by Gasteiger charge is -2.58. The molecule has 9 nitrogen and oxygen atoms in total. The van der Waals surface area contributed by atoms with Crippen LogP contribution < -0.4 is 10.6 Å². The summed E-state index contributed by atoms with van der Waals surface area (Å²) in [6.07, 6.45) is 6.48. The van der Waals surface area contributed by atoms with Crippen molar-refractivity contribution in [2.24, 2.45) is 17.8 Å². The quantitative estimate of drug-likeness (QED) is 0.532. The van der Waals surface area contributed by atoms with Crippen LogP contribution in [0.1, 0.15) is 32.1 Å². The van der Waals surface area contributed by atoms with E-state index in [1.54, 1.807) is 30.5 Å². The second-order valence-corrected chi connectivity index (χ2v) is 12.8. The first-order chi connectivity index (χ1) is 16.8. The molecule has 1 aromatic heterocycles. The van der Waals surface area contributed by atoms with E-state index in [0.29, 0.717) is 66.5 Å². The lowest BCUT2D eigenvalue weighted by Crippen LogP contribution is -2.59. The van der Waals surface area contributed by atoms with Gasteiger partial charge < -0.3 is 20.5 Å². The zero-order valence-corrected chi connectivity index (χ0v) is 20.9.